The van der Waals surface area contributed by atoms with Crippen LogP contribution in [0.1, 0.15) is 6.42 Å². The summed E-state index contributed by atoms with van der Waals surface area (Å²) in [6, 6.07) is 2.66. The van der Waals surface area contributed by atoms with E-state index in [0.717, 1.165) is 0 Å². The number of hydrogen-bond donors (Lipinski definition) is 0. The third kappa shape index (κ3) is 2.63. The maximum absolute atomic E-state index is 13.7. The molecule has 1 aliphatic rings. The minimum absolute atomic E-state index is 0.0491. The van der Waals surface area contributed by atoms with Crippen molar-refractivity contribution >= 4 is 33.5 Å². The first kappa shape index (κ1) is 14.8. The van der Waals surface area contributed by atoms with Crippen molar-refractivity contribution < 1.29 is 23.5 Å². The standard InChI is InChI=1S/C13H13BrFNO4/c1-19-11-4-8(14)9(15)5-10(11)16-6-7(3-12(16)17)13(18)20-2/h4-5,7H,3,6H2,1-2H3. The number of esters is 1. The molecule has 0 aliphatic carbocycles. The van der Waals surface area contributed by atoms with E-state index in [0.29, 0.717) is 11.4 Å². The van der Waals surface area contributed by atoms with Crippen molar-refractivity contribution in [3.8, 4) is 5.75 Å². The summed E-state index contributed by atoms with van der Waals surface area (Å²) in [6.45, 7) is 0.156. The second kappa shape index (κ2) is 5.78. The first-order valence-electron chi connectivity index (χ1n) is 5.89. The molecule has 1 aromatic rings. The van der Waals surface area contributed by atoms with Crippen LogP contribution >= 0.6 is 15.9 Å². The Kier molecular flexibility index (Phi) is 4.27. The van der Waals surface area contributed by atoms with Gasteiger partial charge in [0.2, 0.25) is 5.91 Å². The molecular formula is C13H13BrFNO4. The SMILES string of the molecule is COC(=O)C1CC(=O)N(c2cc(F)c(Br)cc2OC)C1. The van der Waals surface area contributed by atoms with Gasteiger partial charge in [-0.1, -0.05) is 0 Å². The second-order valence-electron chi connectivity index (χ2n) is 4.37. The Balaban J connectivity index is 2.35. The van der Waals surface area contributed by atoms with E-state index in [9.17, 15) is 14.0 Å². The first-order valence-corrected chi connectivity index (χ1v) is 6.68. The van der Waals surface area contributed by atoms with Gasteiger partial charge < -0.3 is 14.4 Å². The number of halogens is 2. The lowest BCUT2D eigenvalue weighted by Crippen LogP contribution is -2.26. The predicted molar refractivity (Wildman–Crippen MR) is 73.1 cm³/mol. The quantitative estimate of drug-likeness (QED) is 0.787. The van der Waals surface area contributed by atoms with Crippen LogP contribution in [0.15, 0.2) is 16.6 Å². The third-order valence-corrected chi connectivity index (χ3v) is 3.78. The fourth-order valence-corrected chi connectivity index (χ4v) is 2.48. The van der Waals surface area contributed by atoms with Crippen molar-refractivity contribution in [2.24, 2.45) is 5.92 Å². The lowest BCUT2D eigenvalue weighted by molar-refractivity contribution is -0.145. The zero-order valence-electron chi connectivity index (χ0n) is 11.0. The van der Waals surface area contributed by atoms with Crippen molar-refractivity contribution in [1.29, 1.82) is 0 Å². The van der Waals surface area contributed by atoms with E-state index >= 15 is 0 Å². The molecule has 0 saturated carbocycles. The minimum atomic E-state index is -0.538. The van der Waals surface area contributed by atoms with Gasteiger partial charge in [0, 0.05) is 19.0 Å². The zero-order valence-corrected chi connectivity index (χ0v) is 12.6. The molecule has 7 heteroatoms. The van der Waals surface area contributed by atoms with E-state index in [2.05, 4.69) is 20.7 Å². The Labute approximate surface area is 123 Å². The average molecular weight is 346 g/mol. The Morgan fingerprint density at radius 2 is 2.15 bits per heavy atom. The molecule has 0 N–H and O–H groups in total. The molecule has 2 rings (SSSR count). The average Bonchev–Trinajstić information content (AvgIpc) is 2.82. The number of hydrogen-bond acceptors (Lipinski definition) is 4. The minimum Gasteiger partial charge on any atom is -0.495 e. The largest absolute Gasteiger partial charge is 0.495 e. The van der Waals surface area contributed by atoms with Gasteiger partial charge in [-0.05, 0) is 22.0 Å². The van der Waals surface area contributed by atoms with Crippen LogP contribution in [0.5, 0.6) is 5.75 Å². The van der Waals surface area contributed by atoms with Crippen LogP contribution in [0.2, 0.25) is 0 Å². The monoisotopic (exact) mass is 345 g/mol. The summed E-state index contributed by atoms with van der Waals surface area (Å²) in [5.74, 6) is -1.39. The maximum atomic E-state index is 13.7. The van der Waals surface area contributed by atoms with Crippen molar-refractivity contribution in [2.45, 2.75) is 6.42 Å². The highest BCUT2D eigenvalue weighted by Crippen LogP contribution is 2.36. The van der Waals surface area contributed by atoms with Crippen molar-refractivity contribution in [3.63, 3.8) is 0 Å². The third-order valence-electron chi connectivity index (χ3n) is 3.17. The smallest absolute Gasteiger partial charge is 0.311 e. The molecule has 5 nitrogen and oxygen atoms in total. The van der Waals surface area contributed by atoms with E-state index in [1.165, 1.54) is 31.3 Å². The number of nitrogens with zero attached hydrogens (tertiary/aromatic N) is 1. The molecule has 1 unspecified atom stereocenters. The number of benzene rings is 1. The molecule has 0 bridgehead atoms. The molecule has 0 radical (unpaired) electrons. The summed E-state index contributed by atoms with van der Waals surface area (Å²) < 4.78 is 23.7. The first-order chi connectivity index (χ1) is 9.47. The Morgan fingerprint density at radius 3 is 2.75 bits per heavy atom. The molecule has 0 aromatic heterocycles. The lowest BCUT2D eigenvalue weighted by atomic mass is 10.1. The van der Waals surface area contributed by atoms with Gasteiger partial charge in [-0.15, -0.1) is 0 Å². The molecule has 1 heterocycles. The summed E-state index contributed by atoms with van der Waals surface area (Å²) in [7, 11) is 2.71. The molecule has 1 aromatic carbocycles. The number of ether oxygens (including phenoxy) is 2. The molecule has 0 spiro atoms. The van der Waals surface area contributed by atoms with Crippen LogP contribution in [0.4, 0.5) is 10.1 Å². The van der Waals surface area contributed by atoms with Crippen LogP contribution in [0.3, 0.4) is 0 Å². The summed E-state index contributed by atoms with van der Waals surface area (Å²) in [5.41, 5.74) is 0.310. The highest BCUT2D eigenvalue weighted by molar-refractivity contribution is 9.10. The van der Waals surface area contributed by atoms with Crippen molar-refractivity contribution in [2.75, 3.05) is 25.7 Å². The van der Waals surface area contributed by atoms with Gasteiger partial charge in [0.25, 0.3) is 0 Å². The molecule has 1 aliphatic heterocycles. The van der Waals surface area contributed by atoms with Crippen LogP contribution in [-0.4, -0.2) is 32.6 Å². The van der Waals surface area contributed by atoms with Gasteiger partial charge >= 0.3 is 5.97 Å². The maximum Gasteiger partial charge on any atom is 0.311 e. The van der Waals surface area contributed by atoms with E-state index in [-0.39, 0.29) is 23.3 Å². The van der Waals surface area contributed by atoms with Crippen LogP contribution in [-0.2, 0) is 14.3 Å². The van der Waals surface area contributed by atoms with Crippen LogP contribution in [0.25, 0.3) is 0 Å². The second-order valence-corrected chi connectivity index (χ2v) is 5.22. The number of methoxy groups -OCH3 is 2. The van der Waals surface area contributed by atoms with Crippen molar-refractivity contribution in [3.05, 3.63) is 22.4 Å². The summed E-state index contributed by atoms with van der Waals surface area (Å²) in [5, 5.41) is 0. The summed E-state index contributed by atoms with van der Waals surface area (Å²) in [4.78, 5) is 24.8. The Morgan fingerprint density at radius 1 is 1.45 bits per heavy atom. The van der Waals surface area contributed by atoms with E-state index in [1.807, 2.05) is 0 Å². The summed E-state index contributed by atoms with van der Waals surface area (Å²) in [6.07, 6.45) is 0.0491. The molecule has 1 fully saturated rings. The summed E-state index contributed by atoms with van der Waals surface area (Å²) >= 11 is 3.06. The fraction of sp³-hybridized carbons (Fsp3) is 0.385. The van der Waals surface area contributed by atoms with E-state index in [4.69, 9.17) is 4.74 Å². The van der Waals surface area contributed by atoms with Crippen molar-refractivity contribution in [1.82, 2.24) is 0 Å². The van der Waals surface area contributed by atoms with Gasteiger partial charge in [-0.2, -0.15) is 0 Å². The number of rotatable bonds is 3. The van der Waals surface area contributed by atoms with Gasteiger partial charge in [0.1, 0.15) is 11.6 Å². The lowest BCUT2D eigenvalue weighted by Gasteiger charge is -2.19. The highest BCUT2D eigenvalue weighted by atomic mass is 79.9. The molecule has 1 saturated heterocycles. The molecule has 1 amide bonds. The molecule has 108 valence electrons. The van der Waals surface area contributed by atoms with Gasteiger partial charge in [0.05, 0.1) is 30.3 Å². The Bertz CT molecular complexity index is 564. The van der Waals surface area contributed by atoms with E-state index < -0.39 is 17.7 Å². The number of amides is 1. The molecule has 20 heavy (non-hydrogen) atoms. The molecular weight excluding hydrogens is 333 g/mol. The van der Waals surface area contributed by atoms with Gasteiger partial charge in [-0.3, -0.25) is 9.59 Å². The van der Waals surface area contributed by atoms with Gasteiger partial charge in [-0.25, -0.2) is 4.39 Å². The highest BCUT2D eigenvalue weighted by Gasteiger charge is 2.37. The van der Waals surface area contributed by atoms with Crippen LogP contribution < -0.4 is 9.64 Å². The van der Waals surface area contributed by atoms with Gasteiger partial charge in [0.15, 0.2) is 0 Å². The number of anilines is 1. The molecule has 1 atom stereocenters. The van der Waals surface area contributed by atoms with Crippen LogP contribution in [0, 0.1) is 11.7 Å². The predicted octanol–water partition coefficient (Wildman–Crippen LogP) is 2.12. The fourth-order valence-electron chi connectivity index (χ4n) is 2.16. The van der Waals surface area contributed by atoms with E-state index in [1.54, 1.807) is 0 Å². The number of carbonyl (C=O) groups is 2. The zero-order chi connectivity index (χ0) is 14.9. The normalized spacial score (nSPS) is 18.3. The number of carbonyl (C=O) groups excluding carboxylic acids is 2. The Hall–Kier alpha value is -1.63. The topological polar surface area (TPSA) is 55.8 Å².